The number of hydrogen-bond acceptors (Lipinski definition) is 4. The molecule has 3 rings (SSSR count). The van der Waals surface area contributed by atoms with Gasteiger partial charge in [-0.1, -0.05) is 0 Å². The van der Waals surface area contributed by atoms with Gasteiger partial charge in [-0.2, -0.15) is 0 Å². The number of benzene rings is 2. The first-order valence-electron chi connectivity index (χ1n) is 7.53. The molecule has 0 radical (unpaired) electrons. The zero-order valence-corrected chi connectivity index (χ0v) is 14.2. The Hall–Kier alpha value is -2.12. The van der Waals surface area contributed by atoms with Crippen molar-refractivity contribution in [1.82, 2.24) is 4.72 Å². The van der Waals surface area contributed by atoms with Crippen LogP contribution in [0.5, 0.6) is 5.75 Å². The number of hydrogen-bond donors (Lipinski definition) is 2. The molecule has 1 aliphatic rings. The number of nitrogen functional groups attached to an aromatic ring is 1. The molecule has 5 nitrogen and oxygen atoms in total. The van der Waals surface area contributed by atoms with Gasteiger partial charge in [-0.05, 0) is 56.3 Å². The van der Waals surface area contributed by atoms with E-state index in [2.05, 4.69) is 4.72 Å². The molecule has 0 saturated heterocycles. The molecule has 0 bridgehead atoms. The van der Waals surface area contributed by atoms with E-state index < -0.39 is 27.5 Å². The summed E-state index contributed by atoms with van der Waals surface area (Å²) in [4.78, 5) is 0.0126. The number of halogens is 1. The highest BCUT2D eigenvalue weighted by Crippen LogP contribution is 2.40. The Bertz CT molecular complexity index is 864. The predicted octanol–water partition coefficient (Wildman–Crippen LogP) is 2.99. The van der Waals surface area contributed by atoms with E-state index in [0.717, 1.165) is 12.1 Å². The first kappa shape index (κ1) is 16.7. The summed E-state index contributed by atoms with van der Waals surface area (Å²) in [6.45, 7) is 3.79. The van der Waals surface area contributed by atoms with Crippen LogP contribution in [0.3, 0.4) is 0 Å². The van der Waals surface area contributed by atoms with Crippen molar-refractivity contribution in [2.45, 2.75) is 36.8 Å². The SMILES string of the molecule is CC1(C)CC(NS(=O)(=O)c2ccc(F)cc2)c2cc(N)ccc2O1. The van der Waals surface area contributed by atoms with Crippen LogP contribution in [-0.4, -0.2) is 14.0 Å². The molecule has 128 valence electrons. The van der Waals surface area contributed by atoms with Gasteiger partial charge in [-0.15, -0.1) is 0 Å². The van der Waals surface area contributed by atoms with Crippen LogP contribution in [-0.2, 0) is 10.0 Å². The van der Waals surface area contributed by atoms with Crippen molar-refractivity contribution in [3.8, 4) is 5.75 Å². The molecule has 24 heavy (non-hydrogen) atoms. The quantitative estimate of drug-likeness (QED) is 0.834. The van der Waals surface area contributed by atoms with Gasteiger partial charge in [-0.3, -0.25) is 0 Å². The monoisotopic (exact) mass is 350 g/mol. The summed E-state index contributed by atoms with van der Waals surface area (Å²) >= 11 is 0. The molecule has 0 aliphatic carbocycles. The Morgan fingerprint density at radius 2 is 1.88 bits per heavy atom. The van der Waals surface area contributed by atoms with E-state index in [1.54, 1.807) is 18.2 Å². The summed E-state index contributed by atoms with van der Waals surface area (Å²) in [6.07, 6.45) is 0.448. The van der Waals surface area contributed by atoms with Crippen molar-refractivity contribution in [3.05, 3.63) is 53.8 Å². The highest BCUT2D eigenvalue weighted by Gasteiger charge is 2.36. The van der Waals surface area contributed by atoms with Gasteiger partial charge in [0.05, 0.1) is 10.9 Å². The molecular formula is C17H19FN2O3S. The number of rotatable bonds is 3. The van der Waals surface area contributed by atoms with Gasteiger partial charge in [0.15, 0.2) is 0 Å². The second-order valence-electron chi connectivity index (χ2n) is 6.49. The Balaban J connectivity index is 1.97. The third kappa shape index (κ3) is 3.37. The fourth-order valence-corrected chi connectivity index (χ4v) is 4.06. The first-order chi connectivity index (χ1) is 11.2. The van der Waals surface area contributed by atoms with Crippen molar-refractivity contribution in [2.24, 2.45) is 0 Å². The normalized spacial score (nSPS) is 19.4. The predicted molar refractivity (Wildman–Crippen MR) is 89.6 cm³/mol. The zero-order chi connectivity index (χ0) is 17.5. The van der Waals surface area contributed by atoms with Crippen LogP contribution >= 0.6 is 0 Å². The summed E-state index contributed by atoms with van der Waals surface area (Å²) in [5.41, 5.74) is 6.53. The number of sulfonamides is 1. The van der Waals surface area contributed by atoms with Gasteiger partial charge >= 0.3 is 0 Å². The van der Waals surface area contributed by atoms with Crippen molar-refractivity contribution in [1.29, 1.82) is 0 Å². The van der Waals surface area contributed by atoms with Crippen molar-refractivity contribution in [3.63, 3.8) is 0 Å². The van der Waals surface area contributed by atoms with Gasteiger partial charge in [0.1, 0.15) is 17.2 Å². The van der Waals surface area contributed by atoms with Gasteiger partial charge in [-0.25, -0.2) is 17.5 Å². The van der Waals surface area contributed by atoms with Crippen LogP contribution in [0.2, 0.25) is 0 Å². The maximum Gasteiger partial charge on any atom is 0.241 e. The van der Waals surface area contributed by atoms with E-state index in [-0.39, 0.29) is 4.90 Å². The lowest BCUT2D eigenvalue weighted by molar-refractivity contribution is 0.0702. The van der Waals surface area contributed by atoms with Crippen molar-refractivity contribution >= 4 is 15.7 Å². The van der Waals surface area contributed by atoms with Gasteiger partial charge < -0.3 is 10.5 Å². The Labute approximate surface area is 140 Å². The lowest BCUT2D eigenvalue weighted by atomic mass is 9.90. The van der Waals surface area contributed by atoms with Crippen LogP contribution in [0.25, 0.3) is 0 Å². The zero-order valence-electron chi connectivity index (χ0n) is 13.4. The third-order valence-corrected chi connectivity index (χ3v) is 5.40. The average Bonchev–Trinajstić information content (AvgIpc) is 2.47. The molecule has 1 heterocycles. The van der Waals surface area contributed by atoms with Gasteiger partial charge in [0, 0.05) is 17.7 Å². The number of anilines is 1. The third-order valence-electron chi connectivity index (χ3n) is 3.91. The topological polar surface area (TPSA) is 81.4 Å². The Kier molecular flexibility index (Phi) is 4.01. The highest BCUT2D eigenvalue weighted by atomic mass is 32.2. The molecule has 2 aromatic rings. The molecule has 0 fully saturated rings. The Morgan fingerprint density at radius 3 is 2.54 bits per heavy atom. The van der Waals surface area contributed by atoms with E-state index >= 15 is 0 Å². The van der Waals surface area contributed by atoms with Crippen LogP contribution in [0, 0.1) is 5.82 Å². The second kappa shape index (κ2) is 5.75. The van der Waals surface area contributed by atoms with E-state index in [1.165, 1.54) is 12.1 Å². The molecule has 1 aliphatic heterocycles. The fraction of sp³-hybridized carbons (Fsp3) is 0.294. The van der Waals surface area contributed by atoms with E-state index in [4.69, 9.17) is 10.5 Å². The number of fused-ring (bicyclic) bond motifs is 1. The van der Waals surface area contributed by atoms with Crippen molar-refractivity contribution in [2.75, 3.05) is 5.73 Å². The van der Waals surface area contributed by atoms with Crippen LogP contribution in [0.1, 0.15) is 31.9 Å². The van der Waals surface area contributed by atoms with Crippen LogP contribution in [0.4, 0.5) is 10.1 Å². The molecule has 3 N–H and O–H groups in total. The average molecular weight is 350 g/mol. The first-order valence-corrected chi connectivity index (χ1v) is 9.01. The van der Waals surface area contributed by atoms with Crippen LogP contribution in [0.15, 0.2) is 47.4 Å². The maximum atomic E-state index is 13.0. The molecule has 1 unspecified atom stereocenters. The molecule has 2 aromatic carbocycles. The van der Waals surface area contributed by atoms with Crippen LogP contribution < -0.4 is 15.2 Å². The smallest absolute Gasteiger partial charge is 0.241 e. The summed E-state index contributed by atoms with van der Waals surface area (Å²) in [6, 6.07) is 9.40. The standard InChI is InChI=1S/C17H19FN2O3S/c1-17(2)10-15(14-9-12(19)5-8-16(14)23-17)20-24(21,22)13-6-3-11(18)4-7-13/h3-9,15,20H,10,19H2,1-2H3. The maximum absolute atomic E-state index is 13.0. The summed E-state index contributed by atoms with van der Waals surface area (Å²) in [7, 11) is -3.80. The number of ether oxygens (including phenoxy) is 1. The van der Waals surface area contributed by atoms with Crippen molar-refractivity contribution < 1.29 is 17.5 Å². The molecular weight excluding hydrogens is 331 g/mol. The van der Waals surface area contributed by atoms with E-state index in [9.17, 15) is 12.8 Å². The fourth-order valence-electron chi connectivity index (χ4n) is 2.85. The molecule has 7 heteroatoms. The second-order valence-corrected chi connectivity index (χ2v) is 8.20. The minimum atomic E-state index is -3.80. The number of nitrogens with two attached hydrogens (primary N) is 1. The minimum absolute atomic E-state index is 0.0126. The largest absolute Gasteiger partial charge is 0.487 e. The minimum Gasteiger partial charge on any atom is -0.487 e. The summed E-state index contributed by atoms with van der Waals surface area (Å²) in [5.74, 6) is 0.117. The number of nitrogens with one attached hydrogen (secondary N) is 1. The molecule has 0 aromatic heterocycles. The molecule has 0 amide bonds. The summed E-state index contributed by atoms with van der Waals surface area (Å²) in [5, 5.41) is 0. The highest BCUT2D eigenvalue weighted by molar-refractivity contribution is 7.89. The molecule has 0 spiro atoms. The van der Waals surface area contributed by atoms with E-state index in [1.807, 2.05) is 13.8 Å². The Morgan fingerprint density at radius 1 is 1.21 bits per heavy atom. The van der Waals surface area contributed by atoms with Gasteiger partial charge in [0.25, 0.3) is 0 Å². The lowest BCUT2D eigenvalue weighted by Crippen LogP contribution is -2.41. The molecule has 1 atom stereocenters. The lowest BCUT2D eigenvalue weighted by Gasteiger charge is -2.37. The molecule has 0 saturated carbocycles. The summed E-state index contributed by atoms with van der Waals surface area (Å²) < 4.78 is 46.8. The van der Waals surface area contributed by atoms with E-state index in [0.29, 0.717) is 23.4 Å². The van der Waals surface area contributed by atoms with Gasteiger partial charge in [0.2, 0.25) is 10.0 Å².